The second-order valence-electron chi connectivity index (χ2n) is 7.44. The lowest BCUT2D eigenvalue weighted by atomic mass is 9.62. The first kappa shape index (κ1) is 14.2. The third-order valence-corrected chi connectivity index (χ3v) is 5.64. The zero-order valence-corrected chi connectivity index (χ0v) is 14.1. The molecule has 1 aliphatic heterocycles. The molecule has 130 valence electrons. The Balaban J connectivity index is 1.29. The Morgan fingerprint density at radius 3 is 2.81 bits per heavy atom. The molecule has 1 saturated carbocycles. The smallest absolute Gasteiger partial charge is 0.241 e. The minimum absolute atomic E-state index is 0.481. The largest absolute Gasteiger partial charge is 0.350 e. The third-order valence-electron chi connectivity index (χ3n) is 5.64. The van der Waals surface area contributed by atoms with Gasteiger partial charge in [0, 0.05) is 43.3 Å². The predicted molar refractivity (Wildman–Crippen MR) is 96.9 cm³/mol. The molecule has 8 nitrogen and oxygen atoms in total. The fourth-order valence-corrected chi connectivity index (χ4v) is 4.18. The fraction of sp³-hybridized carbons (Fsp3) is 0.333. The van der Waals surface area contributed by atoms with E-state index in [0.29, 0.717) is 17.4 Å². The average Bonchev–Trinajstić information content (AvgIpc) is 3.21. The van der Waals surface area contributed by atoms with Crippen molar-refractivity contribution in [2.45, 2.75) is 18.9 Å². The van der Waals surface area contributed by atoms with Crippen LogP contribution in [0.1, 0.15) is 12.8 Å². The van der Waals surface area contributed by atoms with Crippen LogP contribution in [0.4, 0.5) is 5.95 Å². The first-order chi connectivity index (χ1) is 12.8. The molecule has 0 radical (unpaired) electrons. The van der Waals surface area contributed by atoms with Gasteiger partial charge in [-0.3, -0.25) is 0 Å². The lowest BCUT2D eigenvalue weighted by molar-refractivity contribution is 0.0467. The van der Waals surface area contributed by atoms with Crippen LogP contribution in [0.15, 0.2) is 43.0 Å². The van der Waals surface area contributed by atoms with Crippen molar-refractivity contribution in [2.75, 3.05) is 18.4 Å². The summed E-state index contributed by atoms with van der Waals surface area (Å²) in [5.41, 5.74) is 4.20. The molecule has 2 aliphatic rings. The van der Waals surface area contributed by atoms with Gasteiger partial charge in [0.05, 0.1) is 17.4 Å². The van der Waals surface area contributed by atoms with Crippen LogP contribution in [-0.4, -0.2) is 48.3 Å². The molecule has 4 aromatic heterocycles. The van der Waals surface area contributed by atoms with Gasteiger partial charge in [0.2, 0.25) is 5.95 Å². The number of aromatic nitrogens is 6. The highest BCUT2D eigenvalue weighted by atomic mass is 15.3. The van der Waals surface area contributed by atoms with Crippen molar-refractivity contribution in [2.24, 2.45) is 5.41 Å². The first-order valence-corrected chi connectivity index (χ1v) is 8.91. The van der Waals surface area contributed by atoms with Gasteiger partial charge in [0.1, 0.15) is 0 Å². The van der Waals surface area contributed by atoms with E-state index in [2.05, 4.69) is 30.8 Å². The first-order valence-electron chi connectivity index (χ1n) is 8.91. The minimum Gasteiger partial charge on any atom is -0.350 e. The third kappa shape index (κ3) is 2.05. The number of fused-ring (bicyclic) bond motifs is 2. The van der Waals surface area contributed by atoms with E-state index in [9.17, 15) is 0 Å². The number of imidazole rings is 1. The number of hydrogen-bond donors (Lipinski definition) is 2. The number of anilines is 1. The molecule has 0 atom stereocenters. The van der Waals surface area contributed by atoms with Crippen molar-refractivity contribution in [1.29, 1.82) is 0 Å². The van der Waals surface area contributed by atoms with Gasteiger partial charge in [0.25, 0.3) is 0 Å². The van der Waals surface area contributed by atoms with E-state index in [1.54, 1.807) is 10.7 Å². The van der Waals surface area contributed by atoms with E-state index in [4.69, 9.17) is 0 Å². The van der Waals surface area contributed by atoms with Crippen LogP contribution in [0.2, 0.25) is 0 Å². The van der Waals surface area contributed by atoms with E-state index < -0.39 is 0 Å². The van der Waals surface area contributed by atoms with Crippen molar-refractivity contribution in [1.82, 2.24) is 34.5 Å². The predicted octanol–water partition coefficient (Wildman–Crippen LogP) is 1.60. The summed E-state index contributed by atoms with van der Waals surface area (Å²) in [6, 6.07) is 6.45. The summed E-state index contributed by atoms with van der Waals surface area (Å²) >= 11 is 0. The molecule has 26 heavy (non-hydrogen) atoms. The molecule has 0 unspecified atom stereocenters. The zero-order valence-electron chi connectivity index (χ0n) is 14.1. The normalized spacial score (nSPS) is 18.9. The second-order valence-corrected chi connectivity index (χ2v) is 7.44. The highest BCUT2D eigenvalue weighted by molar-refractivity contribution is 5.78. The molecule has 1 aliphatic carbocycles. The van der Waals surface area contributed by atoms with E-state index in [0.717, 1.165) is 35.5 Å². The summed E-state index contributed by atoms with van der Waals surface area (Å²) in [5, 5.41) is 16.1. The number of nitrogens with zero attached hydrogens (tertiary/aromatic N) is 6. The Bertz CT molecular complexity index is 1110. The molecule has 4 aromatic rings. The van der Waals surface area contributed by atoms with Gasteiger partial charge in [-0.15, -0.1) is 5.10 Å². The number of hydrogen-bond acceptors (Lipinski definition) is 6. The Hall–Kier alpha value is -3.00. The van der Waals surface area contributed by atoms with Crippen LogP contribution >= 0.6 is 0 Å². The maximum Gasteiger partial charge on any atom is 0.241 e. The van der Waals surface area contributed by atoms with Gasteiger partial charge < -0.3 is 10.6 Å². The topological polar surface area (TPSA) is 84.4 Å². The zero-order chi connectivity index (χ0) is 17.1. The maximum atomic E-state index is 4.62. The summed E-state index contributed by atoms with van der Waals surface area (Å²) in [4.78, 5) is 8.76. The lowest BCUT2D eigenvalue weighted by Crippen LogP contribution is -2.63. The molecular formula is C18H18N8. The van der Waals surface area contributed by atoms with E-state index in [1.165, 1.54) is 12.8 Å². The van der Waals surface area contributed by atoms with Gasteiger partial charge in [-0.25, -0.2) is 19.0 Å². The van der Waals surface area contributed by atoms with E-state index in [1.807, 2.05) is 41.3 Å². The second kappa shape index (κ2) is 5.01. The number of nitrogens with one attached hydrogen (secondary N) is 2. The standard InChI is InChI=1S/C18H18N8/c1-2-16-20-4-6-26(16)23-14(1)13-3-5-25-15(13)9-21-17(24-25)22-12-7-18(8-12)10-19-11-18/h1-6,9,12,19H,7-8,10-11H2,(H,22,24). The van der Waals surface area contributed by atoms with Crippen LogP contribution < -0.4 is 10.6 Å². The average molecular weight is 346 g/mol. The molecule has 5 heterocycles. The van der Waals surface area contributed by atoms with Crippen molar-refractivity contribution in [3.8, 4) is 11.3 Å². The molecule has 6 rings (SSSR count). The van der Waals surface area contributed by atoms with E-state index in [-0.39, 0.29) is 0 Å². The fourth-order valence-electron chi connectivity index (χ4n) is 4.18. The highest BCUT2D eigenvalue weighted by Crippen LogP contribution is 2.45. The summed E-state index contributed by atoms with van der Waals surface area (Å²) in [6.45, 7) is 2.31. The molecule has 1 spiro atoms. The SMILES string of the molecule is c1cn2nc(-c3ccn4nc(NC5CC6(CNC6)C5)ncc34)ccc2n1. The van der Waals surface area contributed by atoms with Crippen molar-refractivity contribution < 1.29 is 0 Å². The summed E-state index contributed by atoms with van der Waals surface area (Å²) < 4.78 is 3.64. The number of rotatable bonds is 3. The molecule has 0 bridgehead atoms. The molecule has 0 aromatic carbocycles. The Morgan fingerprint density at radius 2 is 1.96 bits per heavy atom. The van der Waals surface area contributed by atoms with Crippen molar-refractivity contribution in [3.05, 3.63) is 43.0 Å². The minimum atomic E-state index is 0.481. The monoisotopic (exact) mass is 346 g/mol. The molecular weight excluding hydrogens is 328 g/mol. The summed E-state index contributed by atoms with van der Waals surface area (Å²) in [7, 11) is 0. The van der Waals surface area contributed by atoms with Crippen LogP contribution in [-0.2, 0) is 0 Å². The van der Waals surface area contributed by atoms with Crippen molar-refractivity contribution in [3.63, 3.8) is 0 Å². The van der Waals surface area contributed by atoms with Crippen molar-refractivity contribution >= 4 is 17.1 Å². The Kier molecular flexibility index (Phi) is 2.74. The van der Waals surface area contributed by atoms with Gasteiger partial charge in [-0.05, 0) is 36.5 Å². The van der Waals surface area contributed by atoms with Crippen LogP contribution in [0, 0.1) is 5.41 Å². The molecule has 8 heteroatoms. The van der Waals surface area contributed by atoms with Gasteiger partial charge >= 0.3 is 0 Å². The van der Waals surface area contributed by atoms with Gasteiger partial charge in [-0.2, -0.15) is 5.10 Å². The van der Waals surface area contributed by atoms with Crippen LogP contribution in [0.3, 0.4) is 0 Å². The van der Waals surface area contributed by atoms with Gasteiger partial charge in [-0.1, -0.05) is 0 Å². The van der Waals surface area contributed by atoms with E-state index >= 15 is 0 Å². The van der Waals surface area contributed by atoms with Gasteiger partial charge in [0.15, 0.2) is 5.65 Å². The highest BCUT2D eigenvalue weighted by Gasteiger charge is 2.48. The summed E-state index contributed by atoms with van der Waals surface area (Å²) in [5.74, 6) is 0.685. The Labute approximate surface area is 149 Å². The molecule has 2 N–H and O–H groups in total. The maximum absolute atomic E-state index is 4.62. The molecule has 2 fully saturated rings. The van der Waals surface area contributed by atoms with Crippen LogP contribution in [0.5, 0.6) is 0 Å². The lowest BCUT2D eigenvalue weighted by Gasteiger charge is -2.54. The summed E-state index contributed by atoms with van der Waals surface area (Å²) in [6.07, 6.45) is 9.81. The Morgan fingerprint density at radius 1 is 1.04 bits per heavy atom. The molecule has 0 amide bonds. The molecule has 1 saturated heterocycles. The van der Waals surface area contributed by atoms with Crippen LogP contribution in [0.25, 0.3) is 22.4 Å². The quantitative estimate of drug-likeness (QED) is 0.586.